The number of hydrogen-bond donors (Lipinski definition) is 1. The molecule has 0 aliphatic heterocycles. The minimum atomic E-state index is -0.248. The van der Waals surface area contributed by atoms with Gasteiger partial charge < -0.3 is 10.2 Å². The second kappa shape index (κ2) is 8.37. The summed E-state index contributed by atoms with van der Waals surface area (Å²) in [5.41, 5.74) is -0.248. The van der Waals surface area contributed by atoms with Gasteiger partial charge >= 0.3 is 0 Å². The fourth-order valence-corrected chi connectivity index (χ4v) is 2.39. The SMILES string of the molecule is CCN(CC(=O)NC(C)(C)C)CC(=O)N(C(C)C)C(C)C. The minimum absolute atomic E-state index is 0.0437. The lowest BCUT2D eigenvalue weighted by Gasteiger charge is -2.33. The Bertz CT molecular complexity index is 338. The average molecular weight is 299 g/mol. The van der Waals surface area contributed by atoms with E-state index in [0.29, 0.717) is 6.54 Å². The lowest BCUT2D eigenvalue weighted by molar-refractivity contribution is -0.136. The molecule has 5 nitrogen and oxygen atoms in total. The van der Waals surface area contributed by atoms with E-state index in [9.17, 15) is 9.59 Å². The lowest BCUT2D eigenvalue weighted by Crippen LogP contribution is -2.50. The number of rotatable bonds is 7. The van der Waals surface area contributed by atoms with Crippen LogP contribution in [0.5, 0.6) is 0 Å². The molecule has 0 radical (unpaired) electrons. The summed E-state index contributed by atoms with van der Waals surface area (Å²) in [5.74, 6) is 0.0307. The van der Waals surface area contributed by atoms with Crippen molar-refractivity contribution in [2.75, 3.05) is 19.6 Å². The molecule has 5 heteroatoms. The summed E-state index contributed by atoms with van der Waals surface area (Å²) < 4.78 is 0. The fourth-order valence-electron chi connectivity index (χ4n) is 2.39. The zero-order valence-electron chi connectivity index (χ0n) is 15.0. The second-order valence-electron chi connectivity index (χ2n) is 7.09. The first-order valence-electron chi connectivity index (χ1n) is 7.82. The maximum absolute atomic E-state index is 12.4. The Kier molecular flexibility index (Phi) is 7.93. The molecule has 2 amide bonds. The van der Waals surface area contributed by atoms with E-state index >= 15 is 0 Å². The maximum Gasteiger partial charge on any atom is 0.237 e. The topological polar surface area (TPSA) is 52.7 Å². The Morgan fingerprint density at radius 2 is 1.48 bits per heavy atom. The Morgan fingerprint density at radius 3 is 1.81 bits per heavy atom. The molecule has 0 heterocycles. The van der Waals surface area contributed by atoms with Gasteiger partial charge in [-0.1, -0.05) is 6.92 Å². The zero-order chi connectivity index (χ0) is 16.8. The predicted octanol–water partition coefficient (Wildman–Crippen LogP) is 1.87. The molecule has 0 atom stereocenters. The van der Waals surface area contributed by atoms with Crippen molar-refractivity contribution in [1.82, 2.24) is 15.1 Å². The van der Waals surface area contributed by atoms with Crippen LogP contribution in [0.1, 0.15) is 55.4 Å². The van der Waals surface area contributed by atoms with Gasteiger partial charge in [-0.15, -0.1) is 0 Å². The quantitative estimate of drug-likeness (QED) is 0.781. The number of nitrogens with one attached hydrogen (secondary N) is 1. The van der Waals surface area contributed by atoms with E-state index < -0.39 is 0 Å². The van der Waals surface area contributed by atoms with Crippen LogP contribution in [-0.2, 0) is 9.59 Å². The smallest absolute Gasteiger partial charge is 0.237 e. The van der Waals surface area contributed by atoms with Crippen LogP contribution >= 0.6 is 0 Å². The van der Waals surface area contributed by atoms with Gasteiger partial charge in [0.1, 0.15) is 0 Å². The third kappa shape index (κ3) is 8.05. The van der Waals surface area contributed by atoms with E-state index in [1.165, 1.54) is 0 Å². The number of likely N-dealkylation sites (N-methyl/N-ethyl adjacent to an activating group) is 1. The van der Waals surface area contributed by atoms with Crippen molar-refractivity contribution < 1.29 is 9.59 Å². The second-order valence-corrected chi connectivity index (χ2v) is 7.09. The molecule has 0 aliphatic carbocycles. The summed E-state index contributed by atoms with van der Waals surface area (Å²) in [7, 11) is 0. The fraction of sp³-hybridized carbons (Fsp3) is 0.875. The molecule has 0 bridgehead atoms. The number of hydrogen-bond acceptors (Lipinski definition) is 3. The Labute approximate surface area is 130 Å². The van der Waals surface area contributed by atoms with E-state index in [2.05, 4.69) is 5.32 Å². The third-order valence-corrected chi connectivity index (χ3v) is 3.09. The van der Waals surface area contributed by atoms with Gasteiger partial charge in [-0.25, -0.2) is 0 Å². The van der Waals surface area contributed by atoms with Gasteiger partial charge in [0.15, 0.2) is 0 Å². The number of nitrogens with zero attached hydrogens (tertiary/aromatic N) is 2. The van der Waals surface area contributed by atoms with Crippen molar-refractivity contribution in [1.29, 1.82) is 0 Å². The molecule has 0 aromatic heterocycles. The van der Waals surface area contributed by atoms with Crippen LogP contribution in [0.3, 0.4) is 0 Å². The molecule has 0 aromatic carbocycles. The predicted molar refractivity (Wildman–Crippen MR) is 87.1 cm³/mol. The van der Waals surface area contributed by atoms with Gasteiger partial charge in [0.05, 0.1) is 13.1 Å². The van der Waals surface area contributed by atoms with E-state index in [4.69, 9.17) is 0 Å². The van der Waals surface area contributed by atoms with E-state index in [-0.39, 0.29) is 42.5 Å². The Balaban J connectivity index is 4.63. The van der Waals surface area contributed by atoms with Crippen molar-refractivity contribution in [3.63, 3.8) is 0 Å². The van der Waals surface area contributed by atoms with Crippen molar-refractivity contribution in [3.05, 3.63) is 0 Å². The molecular weight excluding hydrogens is 266 g/mol. The van der Waals surface area contributed by atoms with Gasteiger partial charge in [0, 0.05) is 17.6 Å². The molecular formula is C16H33N3O2. The Hall–Kier alpha value is -1.10. The van der Waals surface area contributed by atoms with E-state index in [1.807, 2.05) is 65.2 Å². The molecule has 0 saturated heterocycles. The monoisotopic (exact) mass is 299 g/mol. The highest BCUT2D eigenvalue weighted by atomic mass is 16.2. The number of amides is 2. The van der Waals surface area contributed by atoms with Crippen LogP contribution in [-0.4, -0.2) is 58.9 Å². The lowest BCUT2D eigenvalue weighted by atomic mass is 10.1. The molecule has 0 aromatic rings. The summed E-state index contributed by atoms with van der Waals surface area (Å²) in [6.07, 6.45) is 0. The van der Waals surface area contributed by atoms with Gasteiger partial charge in [-0.3, -0.25) is 14.5 Å². The average Bonchev–Trinajstić information content (AvgIpc) is 2.23. The van der Waals surface area contributed by atoms with Crippen molar-refractivity contribution >= 4 is 11.8 Å². The normalized spacial score (nSPS) is 12.1. The summed E-state index contributed by atoms with van der Waals surface area (Å²) >= 11 is 0. The summed E-state index contributed by atoms with van der Waals surface area (Å²) in [4.78, 5) is 28.1. The minimum Gasteiger partial charge on any atom is -0.350 e. The summed E-state index contributed by atoms with van der Waals surface area (Å²) in [6.45, 7) is 17.1. The third-order valence-electron chi connectivity index (χ3n) is 3.09. The number of carbonyl (C=O) groups excluding carboxylic acids is 2. The van der Waals surface area contributed by atoms with Crippen molar-refractivity contribution in [2.24, 2.45) is 0 Å². The first-order chi connectivity index (χ1) is 9.47. The van der Waals surface area contributed by atoms with Crippen LogP contribution in [0.4, 0.5) is 0 Å². The standard InChI is InChI=1S/C16H33N3O2/c1-9-18(10-14(20)17-16(6,7)8)11-15(21)19(12(2)3)13(4)5/h12-13H,9-11H2,1-8H3,(H,17,20). The zero-order valence-corrected chi connectivity index (χ0v) is 15.0. The molecule has 124 valence electrons. The van der Waals surface area contributed by atoms with Crippen LogP contribution in [0.25, 0.3) is 0 Å². The largest absolute Gasteiger partial charge is 0.350 e. The molecule has 0 saturated carbocycles. The first-order valence-corrected chi connectivity index (χ1v) is 7.82. The highest BCUT2D eigenvalue weighted by Crippen LogP contribution is 2.07. The molecule has 0 unspecified atom stereocenters. The Morgan fingerprint density at radius 1 is 1.00 bits per heavy atom. The molecule has 0 aliphatic rings. The first kappa shape index (κ1) is 19.9. The van der Waals surface area contributed by atoms with Gasteiger partial charge in [-0.05, 0) is 55.0 Å². The van der Waals surface area contributed by atoms with Gasteiger partial charge in [0.25, 0.3) is 0 Å². The molecule has 0 spiro atoms. The van der Waals surface area contributed by atoms with Crippen molar-refractivity contribution in [3.8, 4) is 0 Å². The van der Waals surface area contributed by atoms with Crippen LogP contribution < -0.4 is 5.32 Å². The molecule has 0 rings (SSSR count). The molecule has 0 fully saturated rings. The van der Waals surface area contributed by atoms with E-state index in [0.717, 1.165) is 0 Å². The van der Waals surface area contributed by atoms with Crippen LogP contribution in [0.2, 0.25) is 0 Å². The van der Waals surface area contributed by atoms with Gasteiger partial charge in [0.2, 0.25) is 11.8 Å². The highest BCUT2D eigenvalue weighted by molar-refractivity contribution is 5.81. The van der Waals surface area contributed by atoms with Gasteiger partial charge in [-0.2, -0.15) is 0 Å². The van der Waals surface area contributed by atoms with E-state index in [1.54, 1.807) is 0 Å². The molecule has 21 heavy (non-hydrogen) atoms. The van der Waals surface area contributed by atoms with Crippen molar-refractivity contribution in [2.45, 2.75) is 73.0 Å². The molecule has 1 N–H and O–H groups in total. The van der Waals surface area contributed by atoms with Crippen LogP contribution in [0, 0.1) is 0 Å². The van der Waals surface area contributed by atoms with Crippen LogP contribution in [0.15, 0.2) is 0 Å². The maximum atomic E-state index is 12.4. The highest BCUT2D eigenvalue weighted by Gasteiger charge is 2.23. The summed E-state index contributed by atoms with van der Waals surface area (Å²) in [6, 6.07) is 0.333. The summed E-state index contributed by atoms with van der Waals surface area (Å²) in [5, 5.41) is 2.93. The number of carbonyl (C=O) groups is 2.